The number of carbonyl (C=O) groups excluding carboxylic acids is 1. The number of rotatable bonds is 5. The molecule has 3 aromatic rings. The minimum absolute atomic E-state index is 0.170. The molecule has 0 saturated carbocycles. The van der Waals surface area contributed by atoms with Crippen LogP contribution in [0.3, 0.4) is 0 Å². The number of nitrogens with one attached hydrogen (secondary N) is 1. The molecule has 3 rings (SSSR count). The average molecular weight is 327 g/mol. The van der Waals surface area contributed by atoms with Gasteiger partial charge in [0.2, 0.25) is 11.7 Å². The molecule has 1 aromatic carbocycles. The minimum Gasteiger partial charge on any atom is -0.485 e. The Morgan fingerprint density at radius 1 is 1.33 bits per heavy atom. The van der Waals surface area contributed by atoms with Crippen LogP contribution in [-0.4, -0.2) is 25.8 Å². The SMILES string of the molecule is Cc1cc(NC(=O)c2cccc(OCc3noc(C)n3)c2)n(C)n1. The molecular formula is C16H17N5O3. The summed E-state index contributed by atoms with van der Waals surface area (Å²) in [6, 6.07) is 8.68. The lowest BCUT2D eigenvalue weighted by atomic mass is 10.2. The highest BCUT2D eigenvalue weighted by Crippen LogP contribution is 2.16. The van der Waals surface area contributed by atoms with E-state index in [1.807, 2.05) is 6.92 Å². The van der Waals surface area contributed by atoms with Gasteiger partial charge in [0.15, 0.2) is 6.61 Å². The molecule has 0 radical (unpaired) electrons. The molecule has 0 unspecified atom stereocenters. The summed E-state index contributed by atoms with van der Waals surface area (Å²) in [4.78, 5) is 16.4. The lowest BCUT2D eigenvalue weighted by molar-refractivity contribution is 0.102. The minimum atomic E-state index is -0.237. The topological polar surface area (TPSA) is 95.1 Å². The molecule has 124 valence electrons. The molecule has 0 atom stereocenters. The maximum atomic E-state index is 12.4. The van der Waals surface area contributed by atoms with Gasteiger partial charge in [-0.3, -0.25) is 9.48 Å². The Kier molecular flexibility index (Phi) is 4.28. The quantitative estimate of drug-likeness (QED) is 0.772. The van der Waals surface area contributed by atoms with E-state index in [4.69, 9.17) is 9.26 Å². The first-order chi connectivity index (χ1) is 11.5. The van der Waals surface area contributed by atoms with E-state index in [-0.39, 0.29) is 12.5 Å². The van der Waals surface area contributed by atoms with Crippen molar-refractivity contribution in [2.75, 3.05) is 5.32 Å². The van der Waals surface area contributed by atoms with Crippen LogP contribution in [0, 0.1) is 13.8 Å². The monoisotopic (exact) mass is 327 g/mol. The van der Waals surface area contributed by atoms with Gasteiger partial charge < -0.3 is 14.6 Å². The molecule has 0 bridgehead atoms. The molecule has 1 amide bonds. The number of aryl methyl sites for hydroxylation is 3. The van der Waals surface area contributed by atoms with Crippen molar-refractivity contribution in [3.63, 3.8) is 0 Å². The van der Waals surface area contributed by atoms with Gasteiger partial charge in [0.1, 0.15) is 11.6 Å². The van der Waals surface area contributed by atoms with Crippen LogP contribution in [-0.2, 0) is 13.7 Å². The van der Waals surface area contributed by atoms with Crippen LogP contribution < -0.4 is 10.1 Å². The molecule has 0 aliphatic heterocycles. The molecule has 0 aliphatic carbocycles. The second-order valence-electron chi connectivity index (χ2n) is 5.29. The van der Waals surface area contributed by atoms with Gasteiger partial charge in [-0.1, -0.05) is 11.2 Å². The summed E-state index contributed by atoms with van der Waals surface area (Å²) in [5.74, 6) is 1.87. The van der Waals surface area contributed by atoms with Gasteiger partial charge in [-0.25, -0.2) is 0 Å². The fraction of sp³-hybridized carbons (Fsp3) is 0.250. The lowest BCUT2D eigenvalue weighted by Crippen LogP contribution is -2.14. The summed E-state index contributed by atoms with van der Waals surface area (Å²) in [6.45, 7) is 3.74. The Balaban J connectivity index is 1.67. The summed E-state index contributed by atoms with van der Waals surface area (Å²) in [5, 5.41) is 10.8. The number of ether oxygens (including phenoxy) is 1. The van der Waals surface area contributed by atoms with E-state index in [0.717, 1.165) is 5.69 Å². The third-order valence-corrected chi connectivity index (χ3v) is 3.28. The Morgan fingerprint density at radius 2 is 2.17 bits per heavy atom. The summed E-state index contributed by atoms with van der Waals surface area (Å²) >= 11 is 0. The molecule has 2 heterocycles. The zero-order chi connectivity index (χ0) is 17.1. The van der Waals surface area contributed by atoms with Gasteiger partial charge in [0.25, 0.3) is 5.91 Å². The summed E-state index contributed by atoms with van der Waals surface area (Å²) in [7, 11) is 1.77. The predicted molar refractivity (Wildman–Crippen MR) is 85.7 cm³/mol. The van der Waals surface area contributed by atoms with Crippen LogP contribution >= 0.6 is 0 Å². The van der Waals surface area contributed by atoms with Crippen molar-refractivity contribution in [1.82, 2.24) is 19.9 Å². The second kappa shape index (κ2) is 6.53. The fourth-order valence-corrected chi connectivity index (χ4v) is 2.19. The van der Waals surface area contributed by atoms with Gasteiger partial charge >= 0.3 is 0 Å². The number of carbonyl (C=O) groups is 1. The van der Waals surface area contributed by atoms with Crippen LogP contribution in [0.4, 0.5) is 5.82 Å². The van der Waals surface area contributed by atoms with Crippen LogP contribution in [0.15, 0.2) is 34.9 Å². The molecule has 0 spiro atoms. The first-order valence-corrected chi connectivity index (χ1v) is 7.35. The third-order valence-electron chi connectivity index (χ3n) is 3.28. The number of aromatic nitrogens is 4. The molecular weight excluding hydrogens is 310 g/mol. The first kappa shape index (κ1) is 15.7. The van der Waals surface area contributed by atoms with Crippen LogP contribution in [0.5, 0.6) is 5.75 Å². The highest BCUT2D eigenvalue weighted by molar-refractivity contribution is 6.04. The zero-order valence-electron chi connectivity index (χ0n) is 13.6. The number of hydrogen-bond donors (Lipinski definition) is 1. The van der Waals surface area contributed by atoms with Crippen molar-refractivity contribution in [2.45, 2.75) is 20.5 Å². The van der Waals surface area contributed by atoms with E-state index < -0.39 is 0 Å². The van der Waals surface area contributed by atoms with E-state index in [9.17, 15) is 4.79 Å². The average Bonchev–Trinajstić information content (AvgIpc) is 3.11. The van der Waals surface area contributed by atoms with Gasteiger partial charge in [-0.05, 0) is 25.1 Å². The largest absolute Gasteiger partial charge is 0.485 e. The maximum absolute atomic E-state index is 12.4. The molecule has 24 heavy (non-hydrogen) atoms. The number of anilines is 1. The smallest absolute Gasteiger partial charge is 0.256 e. The van der Waals surface area contributed by atoms with Crippen LogP contribution in [0.25, 0.3) is 0 Å². The standard InChI is InChI=1S/C16H17N5O3/c1-10-7-15(21(3)19-10)18-16(22)12-5-4-6-13(8-12)23-9-14-17-11(2)24-20-14/h4-8H,9H2,1-3H3,(H,18,22). The second-order valence-corrected chi connectivity index (χ2v) is 5.29. The van der Waals surface area contributed by atoms with E-state index in [1.165, 1.54) is 0 Å². The molecule has 1 N–H and O–H groups in total. The van der Waals surface area contributed by atoms with Crippen molar-refractivity contribution in [3.8, 4) is 5.75 Å². The third kappa shape index (κ3) is 3.60. The highest BCUT2D eigenvalue weighted by atomic mass is 16.5. The molecule has 0 saturated heterocycles. The Morgan fingerprint density at radius 3 is 2.83 bits per heavy atom. The molecule has 8 nitrogen and oxygen atoms in total. The van der Waals surface area contributed by atoms with E-state index in [0.29, 0.717) is 28.8 Å². The molecule has 0 fully saturated rings. The highest BCUT2D eigenvalue weighted by Gasteiger charge is 2.11. The normalized spacial score (nSPS) is 10.6. The Labute approximate surface area is 138 Å². The van der Waals surface area contributed by atoms with Gasteiger partial charge in [-0.2, -0.15) is 10.1 Å². The van der Waals surface area contributed by atoms with Gasteiger partial charge in [-0.15, -0.1) is 0 Å². The molecule has 8 heteroatoms. The van der Waals surface area contributed by atoms with Gasteiger partial charge in [0, 0.05) is 25.6 Å². The summed E-state index contributed by atoms with van der Waals surface area (Å²) in [5.41, 5.74) is 1.32. The fourth-order valence-electron chi connectivity index (χ4n) is 2.19. The van der Waals surface area contributed by atoms with Crippen LogP contribution in [0.2, 0.25) is 0 Å². The van der Waals surface area contributed by atoms with Crippen molar-refractivity contribution in [2.24, 2.45) is 7.05 Å². The molecule has 2 aromatic heterocycles. The number of benzene rings is 1. The number of hydrogen-bond acceptors (Lipinski definition) is 6. The van der Waals surface area contributed by atoms with Crippen molar-refractivity contribution in [3.05, 3.63) is 53.3 Å². The van der Waals surface area contributed by atoms with Gasteiger partial charge in [0.05, 0.1) is 5.69 Å². The number of amides is 1. The van der Waals surface area contributed by atoms with E-state index >= 15 is 0 Å². The van der Waals surface area contributed by atoms with Crippen LogP contribution in [0.1, 0.15) is 27.8 Å². The summed E-state index contributed by atoms with van der Waals surface area (Å²) in [6.07, 6.45) is 0. The predicted octanol–water partition coefficient (Wildman–Crippen LogP) is 2.25. The number of nitrogens with zero attached hydrogens (tertiary/aromatic N) is 4. The van der Waals surface area contributed by atoms with E-state index in [1.54, 1.807) is 49.0 Å². The van der Waals surface area contributed by atoms with E-state index in [2.05, 4.69) is 20.6 Å². The lowest BCUT2D eigenvalue weighted by Gasteiger charge is -2.07. The Hall–Kier alpha value is -3.16. The van der Waals surface area contributed by atoms with Crippen molar-refractivity contribution < 1.29 is 14.1 Å². The summed E-state index contributed by atoms with van der Waals surface area (Å²) < 4.78 is 12.1. The van der Waals surface area contributed by atoms with Crippen molar-refractivity contribution >= 4 is 11.7 Å². The molecule has 0 aliphatic rings. The first-order valence-electron chi connectivity index (χ1n) is 7.35. The maximum Gasteiger partial charge on any atom is 0.256 e. The Bertz CT molecular complexity index is 868. The van der Waals surface area contributed by atoms with Crippen molar-refractivity contribution in [1.29, 1.82) is 0 Å². The zero-order valence-corrected chi connectivity index (χ0v) is 13.6.